The molecule has 0 spiro atoms. The molecule has 0 aliphatic heterocycles. The molecule has 2 aliphatic carbocycles. The Balaban J connectivity index is 1.56. The summed E-state index contributed by atoms with van der Waals surface area (Å²) in [6.07, 6.45) is 6.31. The Kier molecular flexibility index (Phi) is 3.50. The number of amides is 1. The monoisotopic (exact) mass is 225 g/mol. The van der Waals surface area contributed by atoms with Gasteiger partial charge in [-0.2, -0.15) is 0 Å². The van der Waals surface area contributed by atoms with Crippen molar-refractivity contribution in [2.24, 2.45) is 5.73 Å². The van der Waals surface area contributed by atoms with Crippen molar-refractivity contribution in [2.45, 2.75) is 50.1 Å². The highest BCUT2D eigenvalue weighted by atomic mass is 16.1. The molecule has 1 amide bonds. The number of nitrogens with one attached hydrogen (secondary N) is 1. The summed E-state index contributed by atoms with van der Waals surface area (Å²) in [4.78, 5) is 13.9. The minimum Gasteiger partial charge on any atom is -0.355 e. The fourth-order valence-electron chi connectivity index (χ4n) is 2.26. The lowest BCUT2D eigenvalue weighted by Gasteiger charge is -2.37. The molecule has 16 heavy (non-hydrogen) atoms. The SMILES string of the molecule is CN(CCNC(=O)CC1(N)CCC1)C1CC1. The van der Waals surface area contributed by atoms with E-state index in [2.05, 4.69) is 17.3 Å². The van der Waals surface area contributed by atoms with Gasteiger partial charge >= 0.3 is 0 Å². The van der Waals surface area contributed by atoms with Crippen LogP contribution in [-0.2, 0) is 4.79 Å². The smallest absolute Gasteiger partial charge is 0.221 e. The van der Waals surface area contributed by atoms with Crippen molar-refractivity contribution in [3.63, 3.8) is 0 Å². The number of carbonyl (C=O) groups excluding carboxylic acids is 1. The predicted molar refractivity (Wildman–Crippen MR) is 64.0 cm³/mol. The standard InChI is InChI=1S/C12H23N3O/c1-15(10-3-4-10)8-7-14-11(16)9-12(13)5-2-6-12/h10H,2-9,13H2,1H3,(H,14,16). The summed E-state index contributed by atoms with van der Waals surface area (Å²) in [5.41, 5.74) is 5.83. The van der Waals surface area contributed by atoms with Gasteiger partial charge in [0.05, 0.1) is 0 Å². The highest BCUT2D eigenvalue weighted by Gasteiger charge is 2.34. The van der Waals surface area contributed by atoms with Gasteiger partial charge in [-0.3, -0.25) is 4.79 Å². The maximum atomic E-state index is 11.6. The van der Waals surface area contributed by atoms with E-state index in [1.165, 1.54) is 19.3 Å². The number of likely N-dealkylation sites (N-methyl/N-ethyl adjacent to an activating group) is 1. The number of carbonyl (C=O) groups is 1. The van der Waals surface area contributed by atoms with Crippen molar-refractivity contribution in [3.8, 4) is 0 Å². The number of hydrogen-bond donors (Lipinski definition) is 2. The van der Waals surface area contributed by atoms with E-state index in [4.69, 9.17) is 5.73 Å². The van der Waals surface area contributed by atoms with Crippen LogP contribution in [0.25, 0.3) is 0 Å². The normalized spacial score (nSPS) is 22.9. The van der Waals surface area contributed by atoms with Gasteiger partial charge in [-0.05, 0) is 39.2 Å². The molecule has 2 saturated carbocycles. The van der Waals surface area contributed by atoms with E-state index in [0.717, 1.165) is 32.0 Å². The first kappa shape index (κ1) is 11.9. The van der Waals surface area contributed by atoms with Crippen LogP contribution < -0.4 is 11.1 Å². The molecule has 0 bridgehead atoms. The summed E-state index contributed by atoms with van der Waals surface area (Å²) >= 11 is 0. The van der Waals surface area contributed by atoms with Crippen LogP contribution in [-0.4, -0.2) is 42.5 Å². The minimum atomic E-state index is -0.188. The molecule has 92 valence electrons. The van der Waals surface area contributed by atoms with Crippen molar-refractivity contribution in [3.05, 3.63) is 0 Å². The third kappa shape index (κ3) is 3.19. The molecule has 2 fully saturated rings. The first-order chi connectivity index (χ1) is 7.59. The van der Waals surface area contributed by atoms with Crippen LogP contribution in [0.15, 0.2) is 0 Å². The van der Waals surface area contributed by atoms with Crippen LogP contribution in [0.4, 0.5) is 0 Å². The molecular formula is C12H23N3O. The van der Waals surface area contributed by atoms with E-state index in [1.807, 2.05) is 0 Å². The molecule has 0 radical (unpaired) electrons. The molecule has 2 rings (SSSR count). The van der Waals surface area contributed by atoms with Gasteiger partial charge in [0, 0.05) is 31.1 Å². The molecule has 0 aromatic rings. The predicted octanol–water partition coefficient (Wildman–Crippen LogP) is 0.468. The topological polar surface area (TPSA) is 58.4 Å². The van der Waals surface area contributed by atoms with E-state index in [9.17, 15) is 4.79 Å². The van der Waals surface area contributed by atoms with Crippen LogP contribution in [0.2, 0.25) is 0 Å². The van der Waals surface area contributed by atoms with E-state index in [1.54, 1.807) is 0 Å². The Morgan fingerprint density at radius 2 is 2.19 bits per heavy atom. The maximum Gasteiger partial charge on any atom is 0.221 e. The molecule has 0 aromatic heterocycles. The molecule has 4 heteroatoms. The Labute approximate surface area is 97.6 Å². The lowest BCUT2D eigenvalue weighted by atomic mass is 9.75. The fraction of sp³-hybridized carbons (Fsp3) is 0.917. The van der Waals surface area contributed by atoms with E-state index in [-0.39, 0.29) is 11.4 Å². The van der Waals surface area contributed by atoms with Crippen LogP contribution in [0.1, 0.15) is 38.5 Å². The first-order valence-corrected chi connectivity index (χ1v) is 6.35. The molecule has 0 unspecified atom stereocenters. The second kappa shape index (κ2) is 4.72. The molecule has 0 saturated heterocycles. The summed E-state index contributed by atoms with van der Waals surface area (Å²) < 4.78 is 0. The van der Waals surface area contributed by atoms with Gasteiger partial charge in [-0.25, -0.2) is 0 Å². The van der Waals surface area contributed by atoms with Gasteiger partial charge in [0.2, 0.25) is 5.91 Å². The van der Waals surface area contributed by atoms with Crippen LogP contribution >= 0.6 is 0 Å². The molecule has 0 heterocycles. The lowest BCUT2D eigenvalue weighted by Crippen LogP contribution is -2.50. The van der Waals surface area contributed by atoms with Crippen LogP contribution in [0, 0.1) is 0 Å². The number of rotatable bonds is 6. The highest BCUT2D eigenvalue weighted by molar-refractivity contribution is 5.77. The largest absolute Gasteiger partial charge is 0.355 e. The average Bonchev–Trinajstić information content (AvgIpc) is 2.98. The molecule has 0 aromatic carbocycles. The summed E-state index contributed by atoms with van der Waals surface area (Å²) in [6.45, 7) is 1.70. The van der Waals surface area contributed by atoms with Gasteiger partial charge in [-0.1, -0.05) is 0 Å². The Morgan fingerprint density at radius 1 is 1.50 bits per heavy atom. The van der Waals surface area contributed by atoms with Crippen molar-refractivity contribution in [1.82, 2.24) is 10.2 Å². The zero-order chi connectivity index (χ0) is 11.6. The fourth-order valence-corrected chi connectivity index (χ4v) is 2.26. The summed E-state index contributed by atoms with van der Waals surface area (Å²) in [7, 11) is 2.13. The van der Waals surface area contributed by atoms with Crippen LogP contribution in [0.5, 0.6) is 0 Å². The third-order valence-corrected chi connectivity index (χ3v) is 3.82. The Bertz CT molecular complexity index is 259. The molecule has 3 N–H and O–H groups in total. The summed E-state index contributed by atoms with van der Waals surface area (Å²) in [5.74, 6) is 0.117. The first-order valence-electron chi connectivity index (χ1n) is 6.35. The van der Waals surface area contributed by atoms with Gasteiger partial charge in [0.1, 0.15) is 0 Å². The lowest BCUT2D eigenvalue weighted by molar-refractivity contribution is -0.123. The van der Waals surface area contributed by atoms with E-state index < -0.39 is 0 Å². The molecule has 0 atom stereocenters. The van der Waals surface area contributed by atoms with Gasteiger partial charge in [0.15, 0.2) is 0 Å². The average molecular weight is 225 g/mol. The zero-order valence-corrected chi connectivity index (χ0v) is 10.2. The van der Waals surface area contributed by atoms with E-state index in [0.29, 0.717) is 6.42 Å². The Morgan fingerprint density at radius 3 is 2.69 bits per heavy atom. The summed E-state index contributed by atoms with van der Waals surface area (Å²) in [5, 5.41) is 2.96. The van der Waals surface area contributed by atoms with Gasteiger partial charge in [-0.15, -0.1) is 0 Å². The Hall–Kier alpha value is -0.610. The maximum absolute atomic E-state index is 11.6. The van der Waals surface area contributed by atoms with Crippen molar-refractivity contribution in [2.75, 3.05) is 20.1 Å². The number of hydrogen-bond acceptors (Lipinski definition) is 3. The van der Waals surface area contributed by atoms with E-state index >= 15 is 0 Å². The second-order valence-corrected chi connectivity index (χ2v) is 5.45. The van der Waals surface area contributed by atoms with Crippen molar-refractivity contribution < 1.29 is 4.79 Å². The van der Waals surface area contributed by atoms with Crippen molar-refractivity contribution in [1.29, 1.82) is 0 Å². The van der Waals surface area contributed by atoms with Gasteiger partial charge in [0.25, 0.3) is 0 Å². The van der Waals surface area contributed by atoms with Crippen LogP contribution in [0.3, 0.4) is 0 Å². The quantitative estimate of drug-likeness (QED) is 0.691. The summed E-state index contributed by atoms with van der Waals surface area (Å²) in [6, 6.07) is 0.768. The number of nitrogens with two attached hydrogens (primary N) is 1. The minimum absolute atomic E-state index is 0.117. The van der Waals surface area contributed by atoms with Crippen molar-refractivity contribution >= 4 is 5.91 Å². The third-order valence-electron chi connectivity index (χ3n) is 3.82. The molecule has 4 nitrogen and oxygen atoms in total. The number of nitrogens with zero attached hydrogens (tertiary/aromatic N) is 1. The zero-order valence-electron chi connectivity index (χ0n) is 10.2. The second-order valence-electron chi connectivity index (χ2n) is 5.45. The molecule has 2 aliphatic rings. The molecular weight excluding hydrogens is 202 g/mol. The van der Waals surface area contributed by atoms with Gasteiger partial charge < -0.3 is 16.0 Å². The highest BCUT2D eigenvalue weighted by Crippen LogP contribution is 2.31.